The van der Waals surface area contributed by atoms with Crippen LogP contribution < -0.4 is 5.32 Å². The maximum absolute atomic E-state index is 13.0. The number of esters is 1. The second-order valence-electron chi connectivity index (χ2n) is 7.40. The molecular formula is C24H30N2O5. The number of nitrogens with one attached hydrogen (secondary N) is 1. The monoisotopic (exact) mass is 426 g/mol. The van der Waals surface area contributed by atoms with E-state index in [9.17, 15) is 9.59 Å². The highest BCUT2D eigenvalue weighted by molar-refractivity contribution is 5.95. The van der Waals surface area contributed by atoms with Gasteiger partial charge in [-0.15, -0.1) is 0 Å². The van der Waals surface area contributed by atoms with E-state index in [0.717, 1.165) is 17.5 Å². The van der Waals surface area contributed by atoms with Crippen molar-refractivity contribution in [1.29, 1.82) is 0 Å². The van der Waals surface area contributed by atoms with Crippen LogP contribution in [0.25, 0.3) is 0 Å². The summed E-state index contributed by atoms with van der Waals surface area (Å²) in [5.41, 5.74) is 2.96. The Morgan fingerprint density at radius 2 is 1.94 bits per heavy atom. The average Bonchev–Trinajstić information content (AvgIpc) is 2.82. The molecule has 3 rings (SSSR count). The minimum atomic E-state index is -0.411. The number of hydrogen-bond acceptors (Lipinski definition) is 6. The molecule has 1 N–H and O–H groups in total. The number of likely N-dealkylation sites (tertiary alicyclic amines) is 1. The number of nitrogens with zero attached hydrogens (tertiary/aromatic N) is 1. The SMILES string of the molecule is CCOC1CCN(C(=O)OCc2ccccc2)C(c2ccc(C(=O)OC)c(NC)c2)C1. The lowest BCUT2D eigenvalue weighted by molar-refractivity contribution is -0.0125. The zero-order valence-corrected chi connectivity index (χ0v) is 18.3. The smallest absolute Gasteiger partial charge is 0.410 e. The van der Waals surface area contributed by atoms with Crippen molar-refractivity contribution < 1.29 is 23.8 Å². The van der Waals surface area contributed by atoms with E-state index in [1.807, 2.05) is 49.4 Å². The highest BCUT2D eigenvalue weighted by atomic mass is 16.6. The Morgan fingerprint density at radius 3 is 2.61 bits per heavy atom. The van der Waals surface area contributed by atoms with Crippen LogP contribution in [0.3, 0.4) is 0 Å². The Labute approximate surface area is 183 Å². The molecule has 2 unspecified atom stereocenters. The van der Waals surface area contributed by atoms with Gasteiger partial charge in [0.05, 0.1) is 24.8 Å². The second kappa shape index (κ2) is 10.8. The fraction of sp³-hybridized carbons (Fsp3) is 0.417. The number of carbonyl (C=O) groups is 2. The molecule has 1 amide bonds. The first kappa shape index (κ1) is 22.6. The van der Waals surface area contributed by atoms with Crippen molar-refractivity contribution in [1.82, 2.24) is 4.90 Å². The summed E-state index contributed by atoms with van der Waals surface area (Å²) in [5, 5.41) is 3.05. The molecule has 0 saturated carbocycles. The molecule has 0 spiro atoms. The third-order valence-electron chi connectivity index (χ3n) is 5.50. The van der Waals surface area contributed by atoms with Gasteiger partial charge in [0.25, 0.3) is 0 Å². The van der Waals surface area contributed by atoms with Gasteiger partial charge in [0.2, 0.25) is 0 Å². The Morgan fingerprint density at radius 1 is 1.16 bits per heavy atom. The normalized spacial score (nSPS) is 18.4. The number of rotatable bonds is 7. The Bertz CT molecular complexity index is 887. The van der Waals surface area contributed by atoms with Gasteiger partial charge in [-0.25, -0.2) is 9.59 Å². The van der Waals surface area contributed by atoms with Crippen molar-refractivity contribution >= 4 is 17.7 Å². The van der Waals surface area contributed by atoms with E-state index in [1.165, 1.54) is 7.11 Å². The van der Waals surface area contributed by atoms with Crippen LogP contribution in [0.15, 0.2) is 48.5 Å². The molecular weight excluding hydrogens is 396 g/mol. The first-order valence-corrected chi connectivity index (χ1v) is 10.6. The molecule has 0 aliphatic carbocycles. The molecule has 2 aromatic carbocycles. The lowest BCUT2D eigenvalue weighted by atomic mass is 9.92. The third kappa shape index (κ3) is 5.55. The Balaban J connectivity index is 1.83. The van der Waals surface area contributed by atoms with E-state index in [1.54, 1.807) is 18.0 Å². The van der Waals surface area contributed by atoms with Crippen LogP contribution in [-0.2, 0) is 20.8 Å². The van der Waals surface area contributed by atoms with Gasteiger partial charge < -0.3 is 24.4 Å². The lowest BCUT2D eigenvalue weighted by Gasteiger charge is -2.39. The summed E-state index contributed by atoms with van der Waals surface area (Å²) < 4.78 is 16.3. The van der Waals surface area contributed by atoms with E-state index in [0.29, 0.717) is 30.8 Å². The van der Waals surface area contributed by atoms with E-state index in [2.05, 4.69) is 5.32 Å². The number of anilines is 1. The molecule has 0 radical (unpaired) electrons. The van der Waals surface area contributed by atoms with Gasteiger partial charge in [0.15, 0.2) is 0 Å². The molecule has 0 aromatic heterocycles. The summed E-state index contributed by atoms with van der Waals surface area (Å²) in [6.45, 7) is 3.36. The average molecular weight is 427 g/mol. The van der Waals surface area contributed by atoms with Crippen molar-refractivity contribution in [3.8, 4) is 0 Å². The minimum absolute atomic E-state index is 0.0616. The van der Waals surface area contributed by atoms with Gasteiger partial charge in [0, 0.05) is 25.9 Å². The predicted molar refractivity (Wildman–Crippen MR) is 118 cm³/mol. The molecule has 2 atom stereocenters. The van der Waals surface area contributed by atoms with Gasteiger partial charge in [-0.1, -0.05) is 36.4 Å². The van der Waals surface area contributed by atoms with Crippen molar-refractivity contribution in [2.45, 2.75) is 38.5 Å². The van der Waals surface area contributed by atoms with E-state index in [4.69, 9.17) is 14.2 Å². The van der Waals surface area contributed by atoms with Gasteiger partial charge in [-0.2, -0.15) is 0 Å². The summed E-state index contributed by atoms with van der Waals surface area (Å²) in [6, 6.07) is 14.9. The largest absolute Gasteiger partial charge is 0.465 e. The highest BCUT2D eigenvalue weighted by Gasteiger charge is 2.34. The van der Waals surface area contributed by atoms with E-state index < -0.39 is 5.97 Å². The molecule has 31 heavy (non-hydrogen) atoms. The summed E-state index contributed by atoms with van der Waals surface area (Å²) in [5.74, 6) is -0.411. The first-order chi connectivity index (χ1) is 15.1. The van der Waals surface area contributed by atoms with E-state index >= 15 is 0 Å². The number of piperidine rings is 1. The molecule has 1 aliphatic heterocycles. The van der Waals surface area contributed by atoms with Crippen LogP contribution in [0.1, 0.15) is 47.3 Å². The fourth-order valence-corrected chi connectivity index (χ4v) is 3.92. The van der Waals surface area contributed by atoms with Gasteiger partial charge in [-0.3, -0.25) is 0 Å². The number of carbonyl (C=O) groups excluding carboxylic acids is 2. The topological polar surface area (TPSA) is 77.1 Å². The van der Waals surface area contributed by atoms with Gasteiger partial charge in [0.1, 0.15) is 6.61 Å². The van der Waals surface area contributed by atoms with Crippen molar-refractivity contribution in [3.63, 3.8) is 0 Å². The molecule has 7 heteroatoms. The molecule has 166 valence electrons. The lowest BCUT2D eigenvalue weighted by Crippen LogP contribution is -2.43. The summed E-state index contributed by atoms with van der Waals surface area (Å²) in [6.07, 6.45) is 1.12. The molecule has 7 nitrogen and oxygen atoms in total. The maximum atomic E-state index is 13.0. The van der Waals surface area contributed by atoms with Crippen LogP contribution in [-0.4, -0.2) is 50.4 Å². The molecule has 1 fully saturated rings. The molecule has 1 saturated heterocycles. The number of methoxy groups -OCH3 is 1. The quantitative estimate of drug-likeness (QED) is 0.662. The zero-order chi connectivity index (χ0) is 22.2. The summed E-state index contributed by atoms with van der Waals surface area (Å²) in [7, 11) is 3.11. The number of ether oxygens (including phenoxy) is 3. The Kier molecular flexibility index (Phi) is 7.89. The minimum Gasteiger partial charge on any atom is -0.465 e. The molecule has 0 bridgehead atoms. The molecule has 2 aromatic rings. The number of amides is 1. The summed E-state index contributed by atoms with van der Waals surface area (Å²) >= 11 is 0. The standard InChI is InChI=1S/C24H30N2O5/c1-4-30-19-12-13-26(24(28)31-16-17-8-6-5-7-9-17)22(15-19)18-10-11-20(23(27)29-3)21(14-18)25-2/h5-11,14,19,22,25H,4,12-13,15-16H2,1-3H3. The summed E-state index contributed by atoms with van der Waals surface area (Å²) in [4.78, 5) is 26.8. The van der Waals surface area contributed by atoms with Crippen LogP contribution in [0, 0.1) is 0 Å². The van der Waals surface area contributed by atoms with Gasteiger partial charge in [-0.05, 0) is 43.0 Å². The maximum Gasteiger partial charge on any atom is 0.410 e. The number of benzene rings is 2. The van der Waals surface area contributed by atoms with Crippen molar-refractivity contribution in [2.75, 3.05) is 32.6 Å². The molecule has 1 aliphatic rings. The van der Waals surface area contributed by atoms with Crippen LogP contribution >= 0.6 is 0 Å². The first-order valence-electron chi connectivity index (χ1n) is 10.6. The zero-order valence-electron chi connectivity index (χ0n) is 18.3. The van der Waals surface area contributed by atoms with Gasteiger partial charge >= 0.3 is 12.1 Å². The van der Waals surface area contributed by atoms with Crippen LogP contribution in [0.5, 0.6) is 0 Å². The Hall–Kier alpha value is -3.06. The van der Waals surface area contributed by atoms with Crippen molar-refractivity contribution in [3.05, 3.63) is 65.2 Å². The third-order valence-corrected chi connectivity index (χ3v) is 5.50. The second-order valence-corrected chi connectivity index (χ2v) is 7.40. The van der Waals surface area contributed by atoms with Crippen LogP contribution in [0.2, 0.25) is 0 Å². The predicted octanol–water partition coefficient (Wildman–Crippen LogP) is 4.39. The highest BCUT2D eigenvalue weighted by Crippen LogP contribution is 2.35. The van der Waals surface area contributed by atoms with E-state index in [-0.39, 0.29) is 24.8 Å². The fourth-order valence-electron chi connectivity index (χ4n) is 3.92. The van der Waals surface area contributed by atoms with Crippen LogP contribution in [0.4, 0.5) is 10.5 Å². The number of hydrogen-bond donors (Lipinski definition) is 1. The van der Waals surface area contributed by atoms with Crippen molar-refractivity contribution in [2.24, 2.45) is 0 Å². The molecule has 1 heterocycles.